The lowest BCUT2D eigenvalue weighted by molar-refractivity contribution is 0.478. The minimum atomic E-state index is 0.161. The molecule has 0 saturated heterocycles. The fourth-order valence-corrected chi connectivity index (χ4v) is 3.15. The molecule has 18 heavy (non-hydrogen) atoms. The summed E-state index contributed by atoms with van der Waals surface area (Å²) in [6.45, 7) is 4.57. The van der Waals surface area contributed by atoms with Crippen molar-refractivity contribution in [1.82, 2.24) is 0 Å². The predicted molar refractivity (Wildman–Crippen MR) is 77.5 cm³/mol. The second kappa shape index (κ2) is 4.16. The van der Waals surface area contributed by atoms with Gasteiger partial charge in [-0.1, -0.05) is 38.1 Å². The van der Waals surface area contributed by atoms with E-state index in [1.54, 1.807) is 0 Å². The second-order valence-electron chi connectivity index (χ2n) is 5.07. The van der Waals surface area contributed by atoms with E-state index >= 15 is 0 Å². The van der Waals surface area contributed by atoms with Crippen LogP contribution in [0.2, 0.25) is 0 Å². The van der Waals surface area contributed by atoms with Gasteiger partial charge in [0.1, 0.15) is 0 Å². The van der Waals surface area contributed by atoms with Crippen LogP contribution in [0.5, 0.6) is 0 Å². The zero-order valence-electron chi connectivity index (χ0n) is 11.0. The molecular weight excluding hydrogens is 218 g/mol. The van der Waals surface area contributed by atoms with Crippen molar-refractivity contribution >= 4 is 11.4 Å². The summed E-state index contributed by atoms with van der Waals surface area (Å²) in [4.78, 5) is 0. The number of anilines is 2. The molecule has 92 valence electrons. The molecule has 0 aliphatic carbocycles. The average molecular weight is 237 g/mol. The van der Waals surface area contributed by atoms with E-state index in [0.29, 0.717) is 0 Å². The zero-order valence-corrected chi connectivity index (χ0v) is 11.0. The molecule has 2 aromatic rings. The summed E-state index contributed by atoms with van der Waals surface area (Å²) in [7, 11) is 0. The van der Waals surface area contributed by atoms with Gasteiger partial charge >= 0.3 is 0 Å². The van der Waals surface area contributed by atoms with E-state index in [0.717, 1.165) is 24.2 Å². The van der Waals surface area contributed by atoms with Crippen molar-refractivity contribution in [2.45, 2.75) is 32.1 Å². The van der Waals surface area contributed by atoms with E-state index in [1.807, 2.05) is 0 Å². The fourth-order valence-electron chi connectivity index (χ4n) is 3.15. The highest BCUT2D eigenvalue weighted by Crippen LogP contribution is 2.40. The van der Waals surface area contributed by atoms with Crippen molar-refractivity contribution < 1.29 is 0 Å². The number of benzene rings is 2. The van der Waals surface area contributed by atoms with E-state index in [-0.39, 0.29) is 5.41 Å². The third-order valence-electron chi connectivity index (χ3n) is 4.37. The molecule has 0 aromatic heterocycles. The normalized spacial score (nSPS) is 15.4. The number of hydrogen-bond acceptors (Lipinski definition) is 1. The lowest BCUT2D eigenvalue weighted by Gasteiger charge is -2.34. The quantitative estimate of drug-likeness (QED) is 0.787. The van der Waals surface area contributed by atoms with E-state index < -0.39 is 0 Å². The molecule has 1 nitrogen and oxygen atoms in total. The van der Waals surface area contributed by atoms with Gasteiger partial charge in [0.05, 0.1) is 0 Å². The topological polar surface area (TPSA) is 12.0 Å². The predicted octanol–water partition coefficient (Wildman–Crippen LogP) is 4.85. The van der Waals surface area contributed by atoms with Gasteiger partial charge in [0.2, 0.25) is 0 Å². The van der Waals surface area contributed by atoms with Crippen LogP contribution in [0.15, 0.2) is 48.5 Å². The van der Waals surface area contributed by atoms with Crippen molar-refractivity contribution in [3.8, 4) is 0 Å². The molecule has 0 radical (unpaired) electrons. The van der Waals surface area contributed by atoms with Crippen LogP contribution in [-0.2, 0) is 5.41 Å². The summed E-state index contributed by atoms with van der Waals surface area (Å²) in [6.07, 6.45) is 2.27. The Labute approximate surface area is 109 Å². The first-order valence-corrected chi connectivity index (χ1v) is 6.76. The molecule has 0 atom stereocenters. The largest absolute Gasteiger partial charge is 0.356 e. The summed E-state index contributed by atoms with van der Waals surface area (Å²) in [6, 6.07) is 17.8. The third-order valence-corrected chi connectivity index (χ3v) is 4.37. The summed E-state index contributed by atoms with van der Waals surface area (Å²) >= 11 is 0. The van der Waals surface area contributed by atoms with Crippen molar-refractivity contribution in [3.63, 3.8) is 0 Å². The molecule has 1 N–H and O–H groups in total. The molecule has 0 saturated carbocycles. The lowest BCUT2D eigenvalue weighted by atomic mass is 9.70. The van der Waals surface area contributed by atoms with E-state index in [4.69, 9.17) is 0 Å². The smallest absolute Gasteiger partial charge is 0.0384 e. The van der Waals surface area contributed by atoms with E-state index in [1.165, 1.54) is 11.1 Å². The molecule has 1 heteroatoms. The highest BCUT2D eigenvalue weighted by atomic mass is 14.9. The van der Waals surface area contributed by atoms with Gasteiger partial charge in [-0.15, -0.1) is 0 Å². The van der Waals surface area contributed by atoms with Gasteiger partial charge in [-0.3, -0.25) is 0 Å². The summed E-state index contributed by atoms with van der Waals surface area (Å²) in [5.74, 6) is 0. The molecular formula is C17H19N. The highest BCUT2D eigenvalue weighted by molar-refractivity contribution is 5.62. The van der Waals surface area contributed by atoms with Gasteiger partial charge in [0.25, 0.3) is 0 Å². The Balaban J connectivity index is 2.29. The van der Waals surface area contributed by atoms with Crippen LogP contribution in [0.4, 0.5) is 11.4 Å². The van der Waals surface area contributed by atoms with Gasteiger partial charge in [-0.2, -0.15) is 0 Å². The highest BCUT2D eigenvalue weighted by Gasteiger charge is 2.30. The lowest BCUT2D eigenvalue weighted by Crippen LogP contribution is -2.26. The van der Waals surface area contributed by atoms with Crippen LogP contribution in [0.1, 0.15) is 37.8 Å². The molecule has 0 amide bonds. The van der Waals surface area contributed by atoms with Crippen molar-refractivity contribution in [2.75, 3.05) is 5.32 Å². The molecule has 2 aromatic carbocycles. The summed E-state index contributed by atoms with van der Waals surface area (Å²) in [5.41, 5.74) is 5.33. The number of nitrogens with one attached hydrogen (secondary N) is 1. The van der Waals surface area contributed by atoms with Crippen LogP contribution in [-0.4, -0.2) is 0 Å². The van der Waals surface area contributed by atoms with Gasteiger partial charge in [-0.25, -0.2) is 0 Å². The Kier molecular flexibility index (Phi) is 2.62. The van der Waals surface area contributed by atoms with Gasteiger partial charge in [0.15, 0.2) is 0 Å². The maximum atomic E-state index is 3.42. The van der Waals surface area contributed by atoms with Crippen molar-refractivity contribution in [3.05, 3.63) is 59.7 Å². The van der Waals surface area contributed by atoms with Crippen LogP contribution >= 0.6 is 0 Å². The second-order valence-corrected chi connectivity index (χ2v) is 5.07. The van der Waals surface area contributed by atoms with Crippen LogP contribution in [0.25, 0.3) is 0 Å². The molecule has 6 rings (SSSR count). The zero-order chi connectivity index (χ0) is 12.6. The van der Waals surface area contributed by atoms with Gasteiger partial charge < -0.3 is 5.32 Å². The van der Waals surface area contributed by atoms with Crippen molar-refractivity contribution in [1.29, 1.82) is 0 Å². The van der Waals surface area contributed by atoms with Gasteiger partial charge in [-0.05, 0) is 48.2 Å². The first-order chi connectivity index (χ1) is 8.78. The number of rotatable bonds is 2. The number of hydrogen-bond donors (Lipinski definition) is 1. The standard InChI is InChI=1S/C17H19N/c1-3-17(4-2)13-5-9-15(10-6-13)18-16-11-7-14(17)8-12-16/h5-12,18H,3-4H2,1-2H3. The molecule has 0 unspecified atom stereocenters. The Morgan fingerprint density at radius 2 is 1.11 bits per heavy atom. The minimum Gasteiger partial charge on any atom is -0.356 e. The monoisotopic (exact) mass is 237 g/mol. The molecule has 4 bridgehead atoms. The minimum absolute atomic E-state index is 0.161. The maximum Gasteiger partial charge on any atom is 0.0384 e. The van der Waals surface area contributed by atoms with Crippen molar-refractivity contribution in [2.24, 2.45) is 0 Å². The van der Waals surface area contributed by atoms with Crippen LogP contribution in [0, 0.1) is 0 Å². The maximum absolute atomic E-state index is 3.42. The van der Waals surface area contributed by atoms with Crippen LogP contribution < -0.4 is 5.32 Å². The molecule has 4 aliphatic rings. The molecule has 0 fully saturated rings. The Morgan fingerprint density at radius 1 is 0.722 bits per heavy atom. The molecule has 4 heterocycles. The Hall–Kier alpha value is -1.76. The first kappa shape index (κ1) is 11.3. The van der Waals surface area contributed by atoms with E-state index in [2.05, 4.69) is 67.7 Å². The fraction of sp³-hybridized carbons (Fsp3) is 0.294. The molecule has 4 aliphatic heterocycles. The third kappa shape index (κ3) is 1.54. The summed E-state index contributed by atoms with van der Waals surface area (Å²) in [5, 5.41) is 3.42. The van der Waals surface area contributed by atoms with Crippen LogP contribution in [0.3, 0.4) is 0 Å². The van der Waals surface area contributed by atoms with E-state index in [9.17, 15) is 0 Å². The Bertz CT molecular complexity index is 485. The Morgan fingerprint density at radius 3 is 1.44 bits per heavy atom. The summed E-state index contributed by atoms with van der Waals surface area (Å²) < 4.78 is 0. The molecule has 0 spiro atoms. The first-order valence-electron chi connectivity index (χ1n) is 6.76. The SMILES string of the molecule is CCC1(CC)c2ccc(cc2)Nc2ccc1cc2. The van der Waals surface area contributed by atoms with Gasteiger partial charge in [0, 0.05) is 16.8 Å². The average Bonchev–Trinajstić information content (AvgIpc) is 2.45.